The topological polar surface area (TPSA) is 50.8 Å². The number of nitrogens with zero attached hydrogens (tertiary/aromatic N) is 1. The van der Waals surface area contributed by atoms with Gasteiger partial charge >= 0.3 is 12.3 Å². The first-order valence-electron chi connectivity index (χ1n) is 11.0. The number of carbonyl (C=O) groups is 1. The molecule has 4 heterocycles. The summed E-state index contributed by atoms with van der Waals surface area (Å²) < 4.78 is 50.7. The van der Waals surface area contributed by atoms with E-state index in [1.807, 2.05) is 6.07 Å². The molecule has 4 aliphatic rings. The molecule has 0 aliphatic carbocycles. The molecule has 4 aliphatic heterocycles. The lowest BCUT2D eigenvalue weighted by Crippen LogP contribution is -2.52. The van der Waals surface area contributed by atoms with Crippen molar-refractivity contribution in [3.8, 4) is 16.9 Å². The number of alkyl carbamates (subject to hydrolysis) is 1. The molecule has 0 saturated carbocycles. The molecule has 32 heavy (non-hydrogen) atoms. The fourth-order valence-corrected chi connectivity index (χ4v) is 4.95. The van der Waals surface area contributed by atoms with Gasteiger partial charge in [-0.05, 0) is 61.2 Å². The predicted octanol–water partition coefficient (Wildman–Crippen LogP) is 5.02. The van der Waals surface area contributed by atoms with Gasteiger partial charge in [0.15, 0.2) is 0 Å². The molecule has 8 heteroatoms. The first-order valence-corrected chi connectivity index (χ1v) is 11.0. The van der Waals surface area contributed by atoms with Gasteiger partial charge in [-0.15, -0.1) is 0 Å². The summed E-state index contributed by atoms with van der Waals surface area (Å²) in [6, 6.07) is 10.3. The lowest BCUT2D eigenvalue weighted by atomic mass is 9.86. The molecule has 2 bridgehead atoms. The van der Waals surface area contributed by atoms with E-state index in [2.05, 4.69) is 10.2 Å². The fourth-order valence-electron chi connectivity index (χ4n) is 4.95. The van der Waals surface area contributed by atoms with E-state index in [9.17, 15) is 18.0 Å². The van der Waals surface area contributed by atoms with Gasteiger partial charge in [0.25, 0.3) is 0 Å². The van der Waals surface area contributed by atoms with E-state index in [1.165, 1.54) is 6.07 Å². The SMILES string of the molecule is O=C(NC1CCOc2cc(-c3cccc(C(F)(F)F)c3)ccc21)O[C@@H]1CN2CCC1CC2. The minimum absolute atomic E-state index is 0.0694. The minimum atomic E-state index is -4.40. The van der Waals surface area contributed by atoms with Crippen molar-refractivity contribution in [3.05, 3.63) is 53.6 Å². The van der Waals surface area contributed by atoms with Crippen LogP contribution in [-0.2, 0) is 10.9 Å². The van der Waals surface area contributed by atoms with Crippen LogP contribution in [0.15, 0.2) is 42.5 Å². The molecule has 170 valence electrons. The molecule has 5 nitrogen and oxygen atoms in total. The van der Waals surface area contributed by atoms with Gasteiger partial charge in [-0.2, -0.15) is 13.2 Å². The van der Waals surface area contributed by atoms with Crippen molar-refractivity contribution in [3.63, 3.8) is 0 Å². The summed E-state index contributed by atoms with van der Waals surface area (Å²) >= 11 is 0. The number of benzene rings is 2. The molecule has 3 fully saturated rings. The van der Waals surface area contributed by atoms with Crippen LogP contribution in [0.5, 0.6) is 5.75 Å². The van der Waals surface area contributed by atoms with Crippen molar-refractivity contribution in [2.75, 3.05) is 26.2 Å². The van der Waals surface area contributed by atoms with E-state index >= 15 is 0 Å². The maximum absolute atomic E-state index is 13.1. The second-order valence-electron chi connectivity index (χ2n) is 8.75. The van der Waals surface area contributed by atoms with Crippen LogP contribution in [-0.4, -0.2) is 43.3 Å². The lowest BCUT2D eigenvalue weighted by molar-refractivity contribution is -0.137. The molecule has 2 atom stereocenters. The number of halogens is 3. The number of piperidine rings is 3. The van der Waals surface area contributed by atoms with E-state index in [0.717, 1.165) is 50.2 Å². The summed E-state index contributed by atoms with van der Waals surface area (Å²) in [7, 11) is 0. The van der Waals surface area contributed by atoms with Gasteiger partial charge in [-0.25, -0.2) is 4.79 Å². The molecule has 3 saturated heterocycles. The number of carbonyl (C=O) groups excluding carboxylic acids is 1. The normalized spacial score (nSPS) is 26.7. The van der Waals surface area contributed by atoms with Crippen molar-refractivity contribution < 1.29 is 27.4 Å². The number of hydrogen-bond donors (Lipinski definition) is 1. The number of rotatable bonds is 3. The number of alkyl halides is 3. The molecular formula is C24H25F3N2O3. The van der Waals surface area contributed by atoms with Crippen LogP contribution in [0.1, 0.15) is 36.4 Å². The van der Waals surface area contributed by atoms with Crippen LogP contribution >= 0.6 is 0 Å². The lowest BCUT2D eigenvalue weighted by Gasteiger charge is -2.44. The first-order chi connectivity index (χ1) is 15.4. The molecule has 2 aromatic carbocycles. The number of nitrogens with one attached hydrogen (secondary N) is 1. The molecule has 2 aromatic rings. The van der Waals surface area contributed by atoms with Gasteiger partial charge in [-0.3, -0.25) is 4.90 Å². The zero-order valence-electron chi connectivity index (χ0n) is 17.5. The van der Waals surface area contributed by atoms with Crippen molar-refractivity contribution in [2.24, 2.45) is 5.92 Å². The second kappa shape index (κ2) is 8.31. The molecular weight excluding hydrogens is 421 g/mol. The Labute approximate surface area is 184 Å². The summed E-state index contributed by atoms with van der Waals surface area (Å²) in [6.45, 7) is 3.36. The van der Waals surface area contributed by atoms with Gasteiger partial charge in [0.1, 0.15) is 11.9 Å². The standard InChI is InChI=1S/C24H25F3N2O3/c25-24(26,27)18-3-1-2-16(12-18)17-4-5-19-20(8-11-31-21(19)13-17)28-23(30)32-22-14-29-9-6-15(22)7-10-29/h1-5,12-13,15,20,22H,6-11,14H2,(H,28,30)/t20?,22-/m1/s1. The highest BCUT2D eigenvalue weighted by Gasteiger charge is 2.37. The average Bonchev–Trinajstić information content (AvgIpc) is 2.79. The van der Waals surface area contributed by atoms with E-state index in [1.54, 1.807) is 18.2 Å². The van der Waals surface area contributed by atoms with Crippen LogP contribution in [0, 0.1) is 5.92 Å². The quantitative estimate of drug-likeness (QED) is 0.720. The summed E-state index contributed by atoms with van der Waals surface area (Å²) in [5.74, 6) is 1.00. The molecule has 0 aromatic heterocycles. The van der Waals surface area contributed by atoms with Crippen molar-refractivity contribution in [2.45, 2.75) is 37.6 Å². The van der Waals surface area contributed by atoms with Crippen molar-refractivity contribution >= 4 is 6.09 Å². The monoisotopic (exact) mass is 446 g/mol. The highest BCUT2D eigenvalue weighted by atomic mass is 19.4. The number of fused-ring (bicyclic) bond motifs is 4. The zero-order chi connectivity index (χ0) is 22.3. The fraction of sp³-hybridized carbons (Fsp3) is 0.458. The van der Waals surface area contributed by atoms with Crippen LogP contribution in [0.3, 0.4) is 0 Å². The van der Waals surface area contributed by atoms with E-state index in [0.29, 0.717) is 35.8 Å². The Balaban J connectivity index is 1.30. The Kier molecular flexibility index (Phi) is 5.49. The maximum atomic E-state index is 13.1. The van der Waals surface area contributed by atoms with Gasteiger partial charge in [0, 0.05) is 18.5 Å². The van der Waals surface area contributed by atoms with Crippen LogP contribution in [0.4, 0.5) is 18.0 Å². The largest absolute Gasteiger partial charge is 0.493 e. The Bertz CT molecular complexity index is 1000. The third-order valence-electron chi connectivity index (χ3n) is 6.72. The number of amides is 1. The van der Waals surface area contributed by atoms with Gasteiger partial charge in [-0.1, -0.05) is 24.3 Å². The van der Waals surface area contributed by atoms with E-state index < -0.39 is 17.8 Å². The summed E-state index contributed by atoms with van der Waals surface area (Å²) in [4.78, 5) is 14.9. The molecule has 1 unspecified atom stereocenters. The Morgan fingerprint density at radius 1 is 1.06 bits per heavy atom. The highest BCUT2D eigenvalue weighted by molar-refractivity contribution is 5.70. The third kappa shape index (κ3) is 4.28. The minimum Gasteiger partial charge on any atom is -0.493 e. The van der Waals surface area contributed by atoms with Crippen molar-refractivity contribution in [1.82, 2.24) is 10.2 Å². The van der Waals surface area contributed by atoms with Crippen molar-refractivity contribution in [1.29, 1.82) is 0 Å². The maximum Gasteiger partial charge on any atom is 0.416 e. The number of ether oxygens (including phenoxy) is 2. The average molecular weight is 446 g/mol. The molecule has 1 N–H and O–H groups in total. The second-order valence-corrected chi connectivity index (χ2v) is 8.75. The van der Waals surface area contributed by atoms with Crippen LogP contribution in [0.25, 0.3) is 11.1 Å². The van der Waals surface area contributed by atoms with Crippen LogP contribution in [0.2, 0.25) is 0 Å². The van der Waals surface area contributed by atoms with Gasteiger partial charge < -0.3 is 14.8 Å². The predicted molar refractivity (Wildman–Crippen MR) is 112 cm³/mol. The van der Waals surface area contributed by atoms with Gasteiger partial charge in [0.05, 0.1) is 18.2 Å². The Morgan fingerprint density at radius 3 is 2.56 bits per heavy atom. The third-order valence-corrected chi connectivity index (χ3v) is 6.72. The van der Waals surface area contributed by atoms with E-state index in [-0.39, 0.29) is 12.1 Å². The summed E-state index contributed by atoms with van der Waals surface area (Å²) in [5.41, 5.74) is 1.20. The summed E-state index contributed by atoms with van der Waals surface area (Å²) in [6.07, 6.45) is -2.16. The zero-order valence-corrected chi connectivity index (χ0v) is 17.5. The molecule has 0 radical (unpaired) electrons. The molecule has 6 rings (SSSR count). The Morgan fingerprint density at radius 2 is 1.84 bits per heavy atom. The Hall–Kier alpha value is -2.74. The van der Waals surface area contributed by atoms with E-state index in [4.69, 9.17) is 9.47 Å². The first kappa shape index (κ1) is 21.1. The number of hydrogen-bond acceptors (Lipinski definition) is 4. The molecule has 0 spiro atoms. The smallest absolute Gasteiger partial charge is 0.416 e. The van der Waals surface area contributed by atoms with Gasteiger partial charge in [0.2, 0.25) is 0 Å². The highest BCUT2D eigenvalue weighted by Crippen LogP contribution is 2.38. The van der Waals surface area contributed by atoms with Crippen LogP contribution < -0.4 is 10.1 Å². The summed E-state index contributed by atoms with van der Waals surface area (Å²) in [5, 5.41) is 2.96. The molecule has 1 amide bonds.